The average molecular weight is 595 g/mol. The number of primary sulfonamides is 1. The van der Waals surface area contributed by atoms with Crippen LogP contribution in [0.2, 0.25) is 5.02 Å². The molecule has 3 aromatic carbocycles. The van der Waals surface area contributed by atoms with Crippen LogP contribution in [-0.2, 0) is 26.2 Å². The minimum atomic E-state index is -5.27. The quantitative estimate of drug-likeness (QED) is 0.310. The van der Waals surface area contributed by atoms with Gasteiger partial charge < -0.3 is 0 Å². The Morgan fingerprint density at radius 2 is 1.53 bits per heavy atom. The van der Waals surface area contributed by atoms with Gasteiger partial charge >= 0.3 is 16.2 Å². The van der Waals surface area contributed by atoms with Gasteiger partial charge in [-0.25, -0.2) is 23.7 Å². The molecule has 0 aliphatic rings. The molecule has 202 valence electrons. The Morgan fingerprint density at radius 3 is 2.00 bits per heavy atom. The first-order valence-corrected chi connectivity index (χ1v) is 13.2. The Balaban J connectivity index is 2.28. The number of rotatable bonds is 7. The van der Waals surface area contributed by atoms with Crippen molar-refractivity contribution in [3.63, 3.8) is 0 Å². The van der Waals surface area contributed by atoms with Crippen molar-refractivity contribution in [2.45, 2.75) is 22.9 Å². The number of alkyl halides is 3. The van der Waals surface area contributed by atoms with Crippen LogP contribution in [0.1, 0.15) is 11.1 Å². The number of sulfonamides is 2. The largest absolute Gasteiger partial charge is 0.423 e. The fourth-order valence-electron chi connectivity index (χ4n) is 3.51. The van der Waals surface area contributed by atoms with Crippen LogP contribution in [-0.4, -0.2) is 26.8 Å². The monoisotopic (exact) mass is 594 g/mol. The zero-order valence-electron chi connectivity index (χ0n) is 18.7. The van der Waals surface area contributed by atoms with Crippen LogP contribution in [0.3, 0.4) is 0 Å². The Hall–Kier alpha value is -3.80. The lowest BCUT2D eigenvalue weighted by Crippen LogP contribution is -2.36. The standard InChI is InChI=1S/C20H14ClF3N4O8S2/c1-11-15(21)3-2-4-16(11)26(28(31)32)38(35,36)13-7-5-12(6-8-13)18-17(37(25,33)34)10-9-14(20(22,23)24)19(18)27(29)30/h2-10H,1H3,(H2,25,33,34). The lowest BCUT2D eigenvalue weighted by atomic mass is 9.99. The van der Waals surface area contributed by atoms with E-state index in [-0.39, 0.29) is 21.1 Å². The first kappa shape index (κ1) is 28.8. The van der Waals surface area contributed by atoms with Crippen molar-refractivity contribution in [2.24, 2.45) is 5.14 Å². The number of hydrogen-bond acceptors (Lipinski definition) is 8. The summed E-state index contributed by atoms with van der Waals surface area (Å²) >= 11 is 5.95. The van der Waals surface area contributed by atoms with E-state index in [0.29, 0.717) is 18.2 Å². The number of nitro benzene ring substituents is 1. The van der Waals surface area contributed by atoms with Gasteiger partial charge in [0.05, 0.1) is 20.3 Å². The van der Waals surface area contributed by atoms with Crippen molar-refractivity contribution in [1.82, 2.24) is 0 Å². The predicted molar refractivity (Wildman–Crippen MR) is 128 cm³/mol. The summed E-state index contributed by atoms with van der Waals surface area (Å²) in [4.78, 5) is 20.1. The number of anilines is 1. The second kappa shape index (κ2) is 9.82. The van der Waals surface area contributed by atoms with E-state index in [1.165, 1.54) is 19.1 Å². The molecule has 0 saturated heterocycles. The number of benzene rings is 3. The highest BCUT2D eigenvalue weighted by atomic mass is 35.5. The van der Waals surface area contributed by atoms with Crippen LogP contribution in [0.4, 0.5) is 24.5 Å². The maximum atomic E-state index is 13.5. The van der Waals surface area contributed by atoms with Crippen LogP contribution < -0.4 is 9.55 Å². The minimum Gasteiger partial charge on any atom is -0.258 e. The van der Waals surface area contributed by atoms with E-state index in [9.17, 15) is 50.2 Å². The summed E-state index contributed by atoms with van der Waals surface area (Å²) in [6, 6.07) is 7.28. The zero-order chi connectivity index (χ0) is 28.8. The second-order valence-electron chi connectivity index (χ2n) is 7.53. The topological polar surface area (TPSA) is 184 Å². The third-order valence-electron chi connectivity index (χ3n) is 5.20. The van der Waals surface area contributed by atoms with Crippen molar-refractivity contribution >= 4 is 43.0 Å². The Kier molecular flexibility index (Phi) is 7.44. The van der Waals surface area contributed by atoms with E-state index < -0.39 is 74.0 Å². The van der Waals surface area contributed by atoms with Gasteiger partial charge in [-0.15, -0.1) is 0 Å². The highest BCUT2D eigenvalue weighted by Crippen LogP contribution is 2.44. The molecule has 0 fully saturated rings. The third-order valence-corrected chi connectivity index (χ3v) is 8.21. The highest BCUT2D eigenvalue weighted by molar-refractivity contribution is 7.92. The van der Waals surface area contributed by atoms with Crippen molar-refractivity contribution in [3.8, 4) is 11.1 Å². The number of nitrogens with zero attached hydrogens (tertiary/aromatic N) is 3. The molecule has 3 rings (SSSR count). The smallest absolute Gasteiger partial charge is 0.258 e. The van der Waals surface area contributed by atoms with Crippen molar-refractivity contribution < 1.29 is 40.0 Å². The molecular weight excluding hydrogens is 581 g/mol. The average Bonchev–Trinajstić information content (AvgIpc) is 2.79. The molecule has 0 heterocycles. The molecule has 0 aliphatic heterocycles. The lowest BCUT2D eigenvalue weighted by molar-refractivity contribution is -0.474. The highest BCUT2D eigenvalue weighted by Gasteiger charge is 2.42. The molecule has 0 bridgehead atoms. The Morgan fingerprint density at radius 1 is 0.947 bits per heavy atom. The van der Waals surface area contributed by atoms with Crippen LogP contribution in [0.15, 0.2) is 64.4 Å². The molecule has 0 aliphatic carbocycles. The summed E-state index contributed by atoms with van der Waals surface area (Å²) in [6.45, 7) is 1.33. The molecule has 38 heavy (non-hydrogen) atoms. The maximum Gasteiger partial charge on any atom is 0.423 e. The molecule has 0 amide bonds. The normalized spacial score (nSPS) is 12.3. The number of hydrazine groups is 1. The van der Waals surface area contributed by atoms with Gasteiger partial charge in [0.15, 0.2) is 5.03 Å². The fourth-order valence-corrected chi connectivity index (χ4v) is 5.75. The number of hydrogen-bond donors (Lipinski definition) is 1. The van der Waals surface area contributed by atoms with Gasteiger partial charge in [0, 0.05) is 9.44 Å². The molecule has 0 radical (unpaired) electrons. The minimum absolute atomic E-state index is 0.0206. The van der Waals surface area contributed by atoms with E-state index >= 15 is 0 Å². The summed E-state index contributed by atoms with van der Waals surface area (Å²) in [5.41, 5.74) is -5.36. The van der Waals surface area contributed by atoms with Gasteiger partial charge in [0.25, 0.3) is 5.69 Å². The first-order valence-electron chi connectivity index (χ1n) is 9.85. The fraction of sp³-hybridized carbons (Fsp3) is 0.100. The molecule has 3 aromatic rings. The Bertz CT molecular complexity index is 1680. The molecule has 0 aromatic heterocycles. The van der Waals surface area contributed by atoms with Gasteiger partial charge in [-0.3, -0.25) is 10.1 Å². The van der Waals surface area contributed by atoms with Gasteiger partial charge in [-0.1, -0.05) is 29.8 Å². The predicted octanol–water partition coefficient (Wildman–Crippen LogP) is 4.28. The molecule has 12 nitrogen and oxygen atoms in total. The summed E-state index contributed by atoms with van der Waals surface area (Å²) in [5, 5.41) is 27.2. The summed E-state index contributed by atoms with van der Waals surface area (Å²) in [6.07, 6.45) is -5.27. The van der Waals surface area contributed by atoms with Crippen LogP contribution in [0.5, 0.6) is 0 Å². The molecule has 18 heteroatoms. The molecule has 0 spiro atoms. The van der Waals surface area contributed by atoms with E-state index in [4.69, 9.17) is 16.7 Å². The number of nitro groups is 2. The third kappa shape index (κ3) is 5.26. The SMILES string of the molecule is Cc1c(Cl)cccc1N([N+](=O)[O-])S(=O)(=O)c1ccc(-c2c(S(N)(=O)=O)ccc(C(F)(F)F)c2[N+](=O)[O-])cc1. The summed E-state index contributed by atoms with van der Waals surface area (Å²) < 4.78 is 90.7. The van der Waals surface area contributed by atoms with E-state index in [1.807, 2.05) is 0 Å². The van der Waals surface area contributed by atoms with Gasteiger partial charge in [0.2, 0.25) is 10.0 Å². The zero-order valence-corrected chi connectivity index (χ0v) is 21.1. The molecule has 0 atom stereocenters. The maximum absolute atomic E-state index is 13.5. The molecular formula is C20H14ClF3N4O8S2. The van der Waals surface area contributed by atoms with Crippen LogP contribution in [0.25, 0.3) is 11.1 Å². The van der Waals surface area contributed by atoms with Crippen molar-refractivity contribution in [2.75, 3.05) is 4.41 Å². The number of nitrogens with two attached hydrogens (primary N) is 1. The van der Waals surface area contributed by atoms with E-state index in [1.54, 1.807) is 0 Å². The Labute approximate surface area is 217 Å². The molecule has 0 unspecified atom stereocenters. The first-order chi connectivity index (χ1) is 17.4. The van der Waals surface area contributed by atoms with Crippen molar-refractivity contribution in [3.05, 3.63) is 91.0 Å². The lowest BCUT2D eigenvalue weighted by Gasteiger charge is -2.17. The van der Waals surface area contributed by atoms with E-state index in [2.05, 4.69) is 0 Å². The van der Waals surface area contributed by atoms with E-state index in [0.717, 1.165) is 18.2 Å². The molecule has 2 N–H and O–H groups in total. The van der Waals surface area contributed by atoms with Gasteiger partial charge in [-0.05, 0) is 54.4 Å². The number of halogens is 4. The van der Waals surface area contributed by atoms with Crippen molar-refractivity contribution in [1.29, 1.82) is 0 Å². The molecule has 0 saturated carbocycles. The van der Waals surface area contributed by atoms with Crippen LogP contribution >= 0.6 is 11.6 Å². The second-order valence-corrected chi connectivity index (χ2v) is 11.2. The van der Waals surface area contributed by atoms with Gasteiger partial charge in [-0.2, -0.15) is 21.6 Å². The van der Waals surface area contributed by atoms with Crippen LogP contribution in [0, 0.1) is 27.2 Å². The summed E-state index contributed by atoms with van der Waals surface area (Å²) in [7, 11) is -9.78. The van der Waals surface area contributed by atoms with Gasteiger partial charge in [0.1, 0.15) is 11.3 Å². The summed E-state index contributed by atoms with van der Waals surface area (Å²) in [5.74, 6) is 0.